The molecule has 0 fully saturated rings. The average Bonchev–Trinajstić information content (AvgIpc) is 3.31. The van der Waals surface area contributed by atoms with E-state index in [1.54, 1.807) is 30.3 Å². The minimum Gasteiger partial charge on any atom is -0.466 e. The SMILES string of the molecule is CCOC(=O)CCC(=O)N(CCCOC)CC(=O)N1CCc2sccc2C1c1ccccc1. The van der Waals surface area contributed by atoms with Crippen molar-refractivity contribution in [2.24, 2.45) is 0 Å². The molecule has 33 heavy (non-hydrogen) atoms. The molecule has 0 spiro atoms. The van der Waals surface area contributed by atoms with Crippen molar-refractivity contribution >= 4 is 29.1 Å². The Morgan fingerprint density at radius 2 is 1.94 bits per heavy atom. The molecule has 0 N–H and O–H groups in total. The molecule has 0 aliphatic carbocycles. The summed E-state index contributed by atoms with van der Waals surface area (Å²) in [5.74, 6) is -0.723. The van der Waals surface area contributed by atoms with Crippen molar-refractivity contribution in [2.45, 2.75) is 38.6 Å². The van der Waals surface area contributed by atoms with Crippen LogP contribution >= 0.6 is 11.3 Å². The lowest BCUT2D eigenvalue weighted by molar-refractivity contribution is -0.146. The van der Waals surface area contributed by atoms with Gasteiger partial charge in [0.25, 0.3) is 0 Å². The van der Waals surface area contributed by atoms with Crippen molar-refractivity contribution in [3.05, 3.63) is 57.8 Å². The summed E-state index contributed by atoms with van der Waals surface area (Å²) in [5.41, 5.74) is 2.22. The van der Waals surface area contributed by atoms with Crippen molar-refractivity contribution < 1.29 is 23.9 Å². The quantitative estimate of drug-likeness (QED) is 0.370. The van der Waals surface area contributed by atoms with E-state index in [0.29, 0.717) is 26.1 Å². The number of rotatable bonds is 11. The van der Waals surface area contributed by atoms with Gasteiger partial charge >= 0.3 is 5.97 Å². The molecule has 0 saturated carbocycles. The Labute approximate surface area is 199 Å². The van der Waals surface area contributed by atoms with Gasteiger partial charge in [-0.15, -0.1) is 11.3 Å². The second-order valence-corrected chi connectivity index (χ2v) is 8.92. The fourth-order valence-electron chi connectivity index (χ4n) is 4.13. The van der Waals surface area contributed by atoms with Crippen LogP contribution in [0.3, 0.4) is 0 Å². The Kier molecular flexibility index (Phi) is 9.45. The number of amides is 2. The number of benzene rings is 1. The van der Waals surface area contributed by atoms with E-state index in [1.165, 1.54) is 4.88 Å². The molecule has 7 nitrogen and oxygen atoms in total. The first-order valence-corrected chi connectivity index (χ1v) is 12.3. The number of methoxy groups -OCH3 is 1. The lowest BCUT2D eigenvalue weighted by Crippen LogP contribution is -2.47. The molecule has 178 valence electrons. The van der Waals surface area contributed by atoms with Crippen LogP contribution in [0.2, 0.25) is 0 Å². The van der Waals surface area contributed by atoms with Gasteiger partial charge in [-0.1, -0.05) is 30.3 Å². The van der Waals surface area contributed by atoms with Crippen LogP contribution in [0.15, 0.2) is 41.8 Å². The summed E-state index contributed by atoms with van der Waals surface area (Å²) in [7, 11) is 1.61. The standard InChI is InChI=1S/C25H32N2O5S/c1-3-32-24(30)11-10-22(28)26(14-7-16-31-2)18-23(29)27-15-12-21-20(13-17-33-21)25(27)19-8-5-4-6-9-19/h4-6,8-9,13,17,25H,3,7,10-12,14-16,18H2,1-2H3. The lowest BCUT2D eigenvalue weighted by atomic mass is 9.93. The van der Waals surface area contributed by atoms with Gasteiger partial charge in [0.2, 0.25) is 11.8 Å². The highest BCUT2D eigenvalue weighted by Crippen LogP contribution is 2.37. The van der Waals surface area contributed by atoms with E-state index >= 15 is 0 Å². The Bertz CT molecular complexity index is 930. The van der Waals surface area contributed by atoms with Gasteiger partial charge in [-0.25, -0.2) is 0 Å². The average molecular weight is 473 g/mol. The van der Waals surface area contributed by atoms with E-state index in [0.717, 1.165) is 17.5 Å². The van der Waals surface area contributed by atoms with E-state index in [9.17, 15) is 14.4 Å². The van der Waals surface area contributed by atoms with Crippen LogP contribution in [0.4, 0.5) is 0 Å². The van der Waals surface area contributed by atoms with Crippen LogP contribution < -0.4 is 0 Å². The second-order valence-electron chi connectivity index (χ2n) is 7.92. The van der Waals surface area contributed by atoms with Gasteiger partial charge in [-0.2, -0.15) is 0 Å². The van der Waals surface area contributed by atoms with Gasteiger partial charge in [0.05, 0.1) is 25.6 Å². The van der Waals surface area contributed by atoms with Gasteiger partial charge < -0.3 is 19.3 Å². The molecule has 1 unspecified atom stereocenters. The number of carbonyl (C=O) groups excluding carboxylic acids is 3. The lowest BCUT2D eigenvalue weighted by Gasteiger charge is -2.37. The summed E-state index contributed by atoms with van der Waals surface area (Å²) in [5, 5.41) is 2.07. The molecule has 0 saturated heterocycles. The van der Waals surface area contributed by atoms with Crippen molar-refractivity contribution in [3.63, 3.8) is 0 Å². The van der Waals surface area contributed by atoms with Gasteiger partial charge in [0, 0.05) is 38.1 Å². The maximum absolute atomic E-state index is 13.5. The molecule has 8 heteroatoms. The molecule has 1 aromatic carbocycles. The zero-order valence-corrected chi connectivity index (χ0v) is 20.1. The minimum atomic E-state index is -0.404. The Morgan fingerprint density at radius 3 is 2.67 bits per heavy atom. The summed E-state index contributed by atoms with van der Waals surface area (Å²) in [6, 6.07) is 11.9. The fraction of sp³-hybridized carbons (Fsp3) is 0.480. The second kappa shape index (κ2) is 12.5. The Morgan fingerprint density at radius 1 is 1.15 bits per heavy atom. The molecule has 2 amide bonds. The predicted molar refractivity (Wildman–Crippen MR) is 127 cm³/mol. The van der Waals surface area contributed by atoms with Crippen LogP contribution in [-0.2, 0) is 30.3 Å². The molecule has 1 aliphatic heterocycles. The van der Waals surface area contributed by atoms with Gasteiger partial charge in [0.15, 0.2) is 0 Å². The third-order valence-electron chi connectivity index (χ3n) is 5.71. The molecule has 1 aliphatic rings. The van der Waals surface area contributed by atoms with Gasteiger partial charge in [-0.3, -0.25) is 14.4 Å². The van der Waals surface area contributed by atoms with E-state index < -0.39 is 5.97 Å². The summed E-state index contributed by atoms with van der Waals surface area (Å²) in [6.45, 7) is 3.49. The molecule has 3 rings (SSSR count). The van der Waals surface area contributed by atoms with Crippen molar-refractivity contribution in [1.82, 2.24) is 9.80 Å². The smallest absolute Gasteiger partial charge is 0.306 e. The number of thiophene rings is 1. The first-order valence-electron chi connectivity index (χ1n) is 11.4. The third-order valence-corrected chi connectivity index (χ3v) is 6.70. The Hall–Kier alpha value is -2.71. The first-order chi connectivity index (χ1) is 16.0. The number of hydrogen-bond acceptors (Lipinski definition) is 6. The molecule has 2 aromatic rings. The first kappa shape index (κ1) is 24.9. The number of ether oxygens (including phenoxy) is 2. The zero-order chi connectivity index (χ0) is 23.6. The molecule has 0 bridgehead atoms. The highest BCUT2D eigenvalue weighted by Gasteiger charge is 2.33. The monoisotopic (exact) mass is 472 g/mol. The summed E-state index contributed by atoms with van der Waals surface area (Å²) < 4.78 is 10.1. The van der Waals surface area contributed by atoms with Crippen LogP contribution in [0.5, 0.6) is 0 Å². The topological polar surface area (TPSA) is 76.1 Å². The number of nitrogens with zero attached hydrogens (tertiary/aromatic N) is 2. The highest BCUT2D eigenvalue weighted by molar-refractivity contribution is 7.10. The minimum absolute atomic E-state index is 0.0102. The van der Waals surface area contributed by atoms with Crippen LogP contribution in [0.25, 0.3) is 0 Å². The third kappa shape index (κ3) is 6.65. The fourth-order valence-corrected chi connectivity index (χ4v) is 5.03. The predicted octanol–water partition coefficient (Wildman–Crippen LogP) is 3.43. The number of hydrogen-bond donors (Lipinski definition) is 0. The normalized spacial score (nSPS) is 15.1. The molecule has 1 aromatic heterocycles. The molecule has 2 heterocycles. The number of esters is 1. The molecule has 0 radical (unpaired) electrons. The van der Waals surface area contributed by atoms with E-state index in [1.807, 2.05) is 35.2 Å². The summed E-state index contributed by atoms with van der Waals surface area (Å²) >= 11 is 1.72. The van der Waals surface area contributed by atoms with Crippen LogP contribution in [0.1, 0.15) is 48.2 Å². The summed E-state index contributed by atoms with van der Waals surface area (Å²) in [6.07, 6.45) is 1.46. The number of carbonyl (C=O) groups is 3. The van der Waals surface area contributed by atoms with Gasteiger partial charge in [0.1, 0.15) is 0 Å². The number of fused-ring (bicyclic) bond motifs is 1. The van der Waals surface area contributed by atoms with Gasteiger partial charge in [-0.05, 0) is 42.3 Å². The van der Waals surface area contributed by atoms with E-state index in [2.05, 4.69) is 11.4 Å². The zero-order valence-electron chi connectivity index (χ0n) is 19.3. The van der Waals surface area contributed by atoms with Crippen molar-refractivity contribution in [3.8, 4) is 0 Å². The molecular formula is C25H32N2O5S. The summed E-state index contributed by atoms with van der Waals surface area (Å²) in [4.78, 5) is 42.8. The maximum atomic E-state index is 13.5. The maximum Gasteiger partial charge on any atom is 0.306 e. The molecular weight excluding hydrogens is 440 g/mol. The Balaban J connectivity index is 1.75. The largest absolute Gasteiger partial charge is 0.466 e. The van der Waals surface area contributed by atoms with Crippen LogP contribution in [-0.4, -0.2) is 67.5 Å². The highest BCUT2D eigenvalue weighted by atomic mass is 32.1. The van der Waals surface area contributed by atoms with Crippen molar-refractivity contribution in [1.29, 1.82) is 0 Å². The van der Waals surface area contributed by atoms with Crippen molar-refractivity contribution in [2.75, 3.05) is 40.0 Å². The van der Waals surface area contributed by atoms with E-state index in [4.69, 9.17) is 9.47 Å². The molecule has 1 atom stereocenters. The van der Waals surface area contributed by atoms with Crippen LogP contribution in [0, 0.1) is 0 Å². The van der Waals surface area contributed by atoms with E-state index in [-0.39, 0.29) is 43.8 Å².